The minimum Gasteiger partial charge on any atom is -0.396 e. The average Bonchev–Trinajstić information content (AvgIpc) is 2.89. The molecule has 2 rings (SSSR count). The van der Waals surface area contributed by atoms with Crippen LogP contribution in [0, 0.1) is 12.8 Å². The second-order valence-electron chi connectivity index (χ2n) is 5.17. The third kappa shape index (κ3) is 4.75. The normalized spacial score (nSPS) is 16.6. The Morgan fingerprint density at radius 2 is 2.30 bits per heavy atom. The molecule has 1 saturated heterocycles. The van der Waals surface area contributed by atoms with E-state index >= 15 is 0 Å². The zero-order chi connectivity index (χ0) is 14.4. The summed E-state index contributed by atoms with van der Waals surface area (Å²) in [7, 11) is 0. The van der Waals surface area contributed by atoms with Crippen LogP contribution in [-0.4, -0.2) is 46.3 Å². The van der Waals surface area contributed by atoms with Crippen molar-refractivity contribution in [2.75, 3.05) is 25.4 Å². The van der Waals surface area contributed by atoms with Gasteiger partial charge in [-0.1, -0.05) is 0 Å². The van der Waals surface area contributed by atoms with Crippen molar-refractivity contribution < 1.29 is 9.90 Å². The van der Waals surface area contributed by atoms with Crippen molar-refractivity contribution in [2.45, 2.75) is 31.9 Å². The number of thiazole rings is 1. The second-order valence-corrected chi connectivity index (χ2v) is 7.33. The summed E-state index contributed by atoms with van der Waals surface area (Å²) in [6, 6.07) is 0. The molecule has 0 saturated carbocycles. The Morgan fingerprint density at radius 3 is 2.90 bits per heavy atom. The minimum absolute atomic E-state index is 0.253. The molecule has 112 valence electrons. The second kappa shape index (κ2) is 8.00. The van der Waals surface area contributed by atoms with Crippen molar-refractivity contribution in [2.24, 2.45) is 5.92 Å². The van der Waals surface area contributed by atoms with Crippen LogP contribution in [0.4, 0.5) is 0 Å². The van der Waals surface area contributed by atoms with Gasteiger partial charge in [0.05, 0.1) is 10.7 Å². The van der Waals surface area contributed by atoms with Crippen molar-refractivity contribution >= 4 is 29.0 Å². The Morgan fingerprint density at radius 1 is 1.55 bits per heavy atom. The lowest BCUT2D eigenvalue weighted by atomic mass is 9.98. The van der Waals surface area contributed by atoms with Gasteiger partial charge < -0.3 is 10.0 Å². The number of thioether (sulfide) groups is 1. The Kier molecular flexibility index (Phi) is 6.32. The molecule has 1 aromatic rings. The molecule has 4 nitrogen and oxygen atoms in total. The number of aromatic nitrogens is 1. The standard InChI is InChI=1S/C14H22N2O2S2/c1-11-15-13(10-20-11)9-19-7-4-14(18)16-5-2-12(8-17)3-6-16/h10,12,17H,2-9H2,1H3. The number of carbonyl (C=O) groups is 1. The molecule has 0 atom stereocenters. The number of hydrogen-bond donors (Lipinski definition) is 1. The number of carbonyl (C=O) groups excluding carboxylic acids is 1. The van der Waals surface area contributed by atoms with Crippen LogP contribution in [0.2, 0.25) is 0 Å². The molecule has 0 bridgehead atoms. The molecule has 1 aliphatic heterocycles. The van der Waals surface area contributed by atoms with E-state index in [-0.39, 0.29) is 12.5 Å². The number of aliphatic hydroxyl groups is 1. The van der Waals surface area contributed by atoms with E-state index in [9.17, 15) is 4.79 Å². The maximum Gasteiger partial charge on any atom is 0.223 e. The number of rotatable bonds is 6. The van der Waals surface area contributed by atoms with E-state index in [0.717, 1.165) is 48.1 Å². The van der Waals surface area contributed by atoms with Crippen LogP contribution in [-0.2, 0) is 10.5 Å². The fourth-order valence-corrected chi connectivity index (χ4v) is 3.87. The first-order chi connectivity index (χ1) is 9.69. The highest BCUT2D eigenvalue weighted by molar-refractivity contribution is 7.98. The maximum atomic E-state index is 12.0. The van der Waals surface area contributed by atoms with Crippen molar-refractivity contribution in [1.82, 2.24) is 9.88 Å². The van der Waals surface area contributed by atoms with E-state index in [1.165, 1.54) is 0 Å². The zero-order valence-corrected chi connectivity index (χ0v) is 13.5. The molecule has 0 unspecified atom stereocenters. The predicted molar refractivity (Wildman–Crippen MR) is 84.0 cm³/mol. The molecule has 0 spiro atoms. The molecule has 0 aromatic carbocycles. The first kappa shape index (κ1) is 15.8. The molecule has 1 fully saturated rings. The molecule has 1 aromatic heterocycles. The molecule has 0 radical (unpaired) electrons. The fourth-order valence-electron chi connectivity index (χ4n) is 2.33. The molecule has 1 amide bonds. The summed E-state index contributed by atoms with van der Waals surface area (Å²) in [5, 5.41) is 12.3. The molecule has 0 aliphatic carbocycles. The summed E-state index contributed by atoms with van der Waals surface area (Å²) >= 11 is 3.45. The van der Waals surface area contributed by atoms with E-state index in [4.69, 9.17) is 5.11 Å². The molecule has 6 heteroatoms. The summed E-state index contributed by atoms with van der Waals surface area (Å²) in [6.45, 7) is 3.88. The van der Waals surface area contributed by atoms with E-state index in [1.54, 1.807) is 23.1 Å². The van der Waals surface area contributed by atoms with Crippen molar-refractivity contribution in [3.8, 4) is 0 Å². The third-order valence-corrected chi connectivity index (χ3v) is 5.42. The molecule has 2 heterocycles. The Hall–Kier alpha value is -0.590. The van der Waals surface area contributed by atoms with E-state index in [0.29, 0.717) is 12.3 Å². The lowest BCUT2D eigenvalue weighted by molar-refractivity contribution is -0.132. The average molecular weight is 314 g/mol. The van der Waals surface area contributed by atoms with Crippen molar-refractivity contribution in [3.63, 3.8) is 0 Å². The Labute approximate surface area is 128 Å². The number of hydrogen-bond acceptors (Lipinski definition) is 5. The summed E-state index contributed by atoms with van der Waals surface area (Å²) in [5.74, 6) is 2.39. The van der Waals surface area contributed by atoms with Crippen LogP contribution in [0.5, 0.6) is 0 Å². The molecule has 1 aliphatic rings. The van der Waals surface area contributed by atoms with Gasteiger partial charge in [-0.2, -0.15) is 11.8 Å². The van der Waals surface area contributed by atoms with Gasteiger partial charge in [0.2, 0.25) is 5.91 Å². The SMILES string of the molecule is Cc1nc(CSCCC(=O)N2CCC(CO)CC2)cs1. The van der Waals surface area contributed by atoms with Crippen LogP contribution in [0.1, 0.15) is 30.0 Å². The quantitative estimate of drug-likeness (QED) is 0.819. The van der Waals surface area contributed by atoms with Gasteiger partial charge in [0.1, 0.15) is 0 Å². The largest absolute Gasteiger partial charge is 0.396 e. The van der Waals surface area contributed by atoms with Gasteiger partial charge in [0, 0.05) is 43.0 Å². The first-order valence-electron chi connectivity index (χ1n) is 7.06. The summed E-state index contributed by atoms with van der Waals surface area (Å²) in [6.07, 6.45) is 2.48. The zero-order valence-electron chi connectivity index (χ0n) is 11.9. The van der Waals surface area contributed by atoms with Crippen LogP contribution >= 0.6 is 23.1 Å². The number of likely N-dealkylation sites (tertiary alicyclic amines) is 1. The topological polar surface area (TPSA) is 53.4 Å². The van der Waals surface area contributed by atoms with E-state index in [2.05, 4.69) is 10.4 Å². The predicted octanol–water partition coefficient (Wildman–Crippen LogP) is 2.31. The highest BCUT2D eigenvalue weighted by atomic mass is 32.2. The Bertz CT molecular complexity index is 429. The van der Waals surface area contributed by atoms with Crippen LogP contribution in [0.3, 0.4) is 0 Å². The monoisotopic (exact) mass is 314 g/mol. The van der Waals surface area contributed by atoms with Crippen LogP contribution in [0.25, 0.3) is 0 Å². The number of piperidine rings is 1. The fraction of sp³-hybridized carbons (Fsp3) is 0.714. The van der Waals surface area contributed by atoms with Gasteiger partial charge in [0.15, 0.2) is 0 Å². The van der Waals surface area contributed by atoms with E-state index in [1.807, 2.05) is 11.8 Å². The first-order valence-corrected chi connectivity index (χ1v) is 9.10. The third-order valence-electron chi connectivity index (χ3n) is 3.60. The highest BCUT2D eigenvalue weighted by Crippen LogP contribution is 2.19. The summed E-state index contributed by atoms with van der Waals surface area (Å²) in [4.78, 5) is 18.4. The number of aryl methyl sites for hydroxylation is 1. The smallest absolute Gasteiger partial charge is 0.223 e. The van der Waals surface area contributed by atoms with Crippen molar-refractivity contribution in [3.05, 3.63) is 16.1 Å². The summed E-state index contributed by atoms with van der Waals surface area (Å²) < 4.78 is 0. The minimum atomic E-state index is 0.253. The molecule has 1 N–H and O–H groups in total. The lowest BCUT2D eigenvalue weighted by Gasteiger charge is -2.31. The lowest BCUT2D eigenvalue weighted by Crippen LogP contribution is -2.39. The highest BCUT2D eigenvalue weighted by Gasteiger charge is 2.21. The number of amides is 1. The number of nitrogens with zero attached hydrogens (tertiary/aromatic N) is 2. The van der Waals surface area contributed by atoms with Crippen LogP contribution in [0.15, 0.2) is 5.38 Å². The van der Waals surface area contributed by atoms with Gasteiger partial charge >= 0.3 is 0 Å². The van der Waals surface area contributed by atoms with Gasteiger partial charge in [-0.3, -0.25) is 4.79 Å². The maximum absolute atomic E-state index is 12.0. The van der Waals surface area contributed by atoms with Gasteiger partial charge in [-0.05, 0) is 25.7 Å². The van der Waals surface area contributed by atoms with Gasteiger partial charge in [0.25, 0.3) is 0 Å². The van der Waals surface area contributed by atoms with Gasteiger partial charge in [-0.15, -0.1) is 11.3 Å². The van der Waals surface area contributed by atoms with Crippen molar-refractivity contribution in [1.29, 1.82) is 0 Å². The van der Waals surface area contributed by atoms with E-state index < -0.39 is 0 Å². The molecule has 20 heavy (non-hydrogen) atoms. The van der Waals surface area contributed by atoms with Gasteiger partial charge in [-0.25, -0.2) is 4.98 Å². The molecular weight excluding hydrogens is 292 g/mol. The Balaban J connectivity index is 1.61. The number of aliphatic hydroxyl groups excluding tert-OH is 1. The summed E-state index contributed by atoms with van der Waals surface area (Å²) in [5.41, 5.74) is 1.12. The molecular formula is C14H22N2O2S2. The van der Waals surface area contributed by atoms with Crippen LogP contribution < -0.4 is 0 Å².